The van der Waals surface area contributed by atoms with E-state index in [-0.39, 0.29) is 11.3 Å². The van der Waals surface area contributed by atoms with Crippen LogP contribution in [-0.4, -0.2) is 34.3 Å². The Morgan fingerprint density at radius 1 is 1.25 bits per heavy atom. The molecule has 0 bridgehead atoms. The average Bonchev–Trinajstić information content (AvgIpc) is 2.44. The predicted molar refractivity (Wildman–Crippen MR) is 83.6 cm³/mol. The molecule has 1 rings (SSSR count). The summed E-state index contributed by atoms with van der Waals surface area (Å²) in [7, 11) is 0. The van der Waals surface area contributed by atoms with Crippen molar-refractivity contribution in [2.45, 2.75) is 52.5 Å². The van der Waals surface area contributed by atoms with Gasteiger partial charge in [0, 0.05) is 12.6 Å². The summed E-state index contributed by atoms with van der Waals surface area (Å²) in [4.78, 5) is 19.1. The molecule has 0 aromatic carbocycles. The Kier molecular flexibility index (Phi) is 6.14. The van der Waals surface area contributed by atoms with Crippen LogP contribution in [0.25, 0.3) is 0 Å². The molecule has 1 aromatic rings. The van der Waals surface area contributed by atoms with Crippen molar-refractivity contribution in [3.8, 4) is 0 Å². The van der Waals surface area contributed by atoms with E-state index < -0.39 is 0 Å². The molecule has 0 saturated heterocycles. The third-order valence-electron chi connectivity index (χ3n) is 4.27. The quantitative estimate of drug-likeness (QED) is 0.793. The topological polar surface area (TPSA) is 59.2 Å². The number of nitrogen functional groups attached to an aromatic ring is 1. The Morgan fingerprint density at radius 3 is 2.30 bits per heavy atom. The SMILES string of the molecule is CCN(CC)C(CC)(CC)C(=O)Cc1ccnc(N)c1. The zero-order valence-corrected chi connectivity index (χ0v) is 13.1. The number of Topliss-reactive ketones (excluding diaryl/α,β-unsaturated/α-hetero) is 1. The van der Waals surface area contributed by atoms with E-state index in [0.717, 1.165) is 31.5 Å². The highest BCUT2D eigenvalue weighted by atomic mass is 16.1. The minimum absolute atomic E-state index is 0.275. The lowest BCUT2D eigenvalue weighted by Gasteiger charge is -2.41. The Morgan fingerprint density at radius 2 is 1.85 bits per heavy atom. The maximum atomic E-state index is 12.9. The second kappa shape index (κ2) is 7.39. The number of hydrogen-bond acceptors (Lipinski definition) is 4. The summed E-state index contributed by atoms with van der Waals surface area (Å²) >= 11 is 0. The van der Waals surface area contributed by atoms with Crippen LogP contribution in [-0.2, 0) is 11.2 Å². The van der Waals surface area contributed by atoms with Gasteiger partial charge in [0.15, 0.2) is 5.78 Å². The molecule has 2 N–H and O–H groups in total. The Balaban J connectivity index is 3.00. The fourth-order valence-corrected chi connectivity index (χ4v) is 3.05. The van der Waals surface area contributed by atoms with Crippen LogP contribution >= 0.6 is 0 Å². The third kappa shape index (κ3) is 3.37. The Bertz CT molecular complexity index is 437. The van der Waals surface area contributed by atoms with Crippen LogP contribution < -0.4 is 5.73 Å². The summed E-state index contributed by atoms with van der Waals surface area (Å²) in [5, 5.41) is 0. The normalized spacial score (nSPS) is 11.8. The van der Waals surface area contributed by atoms with Gasteiger partial charge in [-0.2, -0.15) is 0 Å². The van der Waals surface area contributed by atoms with Crippen LogP contribution in [0.3, 0.4) is 0 Å². The highest BCUT2D eigenvalue weighted by molar-refractivity contribution is 5.90. The number of nitrogens with two attached hydrogens (primary N) is 1. The molecule has 0 spiro atoms. The molecule has 0 unspecified atom stereocenters. The van der Waals surface area contributed by atoms with Gasteiger partial charge in [0.25, 0.3) is 0 Å². The van der Waals surface area contributed by atoms with Crippen molar-refractivity contribution in [3.63, 3.8) is 0 Å². The molecule has 0 aliphatic rings. The molecule has 0 amide bonds. The summed E-state index contributed by atoms with van der Waals surface area (Å²) in [6.07, 6.45) is 3.76. The van der Waals surface area contributed by atoms with Crippen LogP contribution in [0.1, 0.15) is 46.1 Å². The molecule has 4 nitrogen and oxygen atoms in total. The third-order valence-corrected chi connectivity index (χ3v) is 4.27. The van der Waals surface area contributed by atoms with Gasteiger partial charge < -0.3 is 5.73 Å². The zero-order valence-electron chi connectivity index (χ0n) is 13.1. The van der Waals surface area contributed by atoms with Gasteiger partial charge in [-0.3, -0.25) is 9.69 Å². The standard InChI is InChI=1S/C16H27N3O/c1-5-16(6-2,19(7-3)8-4)14(20)11-13-9-10-18-15(17)12-13/h9-10,12H,5-8,11H2,1-4H3,(H2,17,18). The minimum Gasteiger partial charge on any atom is -0.384 e. The van der Waals surface area contributed by atoms with Crippen LogP contribution in [0.5, 0.6) is 0 Å². The molecule has 0 fully saturated rings. The van der Waals surface area contributed by atoms with Gasteiger partial charge in [0.2, 0.25) is 0 Å². The van der Waals surface area contributed by atoms with Crippen molar-refractivity contribution in [2.75, 3.05) is 18.8 Å². The highest BCUT2D eigenvalue weighted by Gasteiger charge is 2.38. The van der Waals surface area contributed by atoms with Gasteiger partial charge in [-0.15, -0.1) is 0 Å². The molecule has 0 aliphatic heterocycles. The summed E-state index contributed by atoms with van der Waals surface area (Å²) in [5.41, 5.74) is 6.27. The van der Waals surface area contributed by atoms with E-state index in [2.05, 4.69) is 37.6 Å². The molecule has 0 radical (unpaired) electrons. The molecule has 4 heteroatoms. The van der Waals surface area contributed by atoms with E-state index in [9.17, 15) is 4.79 Å². The number of ketones is 1. The van der Waals surface area contributed by atoms with Crippen molar-refractivity contribution >= 4 is 11.6 Å². The lowest BCUT2D eigenvalue weighted by atomic mass is 9.83. The number of aromatic nitrogens is 1. The maximum Gasteiger partial charge on any atom is 0.157 e. The molecule has 0 saturated carbocycles. The number of likely N-dealkylation sites (N-methyl/N-ethyl adjacent to an activating group) is 1. The number of anilines is 1. The van der Waals surface area contributed by atoms with Gasteiger partial charge in [-0.1, -0.05) is 27.7 Å². The summed E-state index contributed by atoms with van der Waals surface area (Å²) in [6, 6.07) is 3.66. The predicted octanol–water partition coefficient (Wildman–Crippen LogP) is 2.68. The van der Waals surface area contributed by atoms with E-state index in [1.54, 1.807) is 12.3 Å². The fraction of sp³-hybridized carbons (Fsp3) is 0.625. The number of carbonyl (C=O) groups is 1. The Hall–Kier alpha value is -1.42. The van der Waals surface area contributed by atoms with E-state index in [4.69, 9.17) is 5.73 Å². The van der Waals surface area contributed by atoms with Crippen molar-refractivity contribution in [3.05, 3.63) is 23.9 Å². The smallest absolute Gasteiger partial charge is 0.157 e. The lowest BCUT2D eigenvalue weighted by Crippen LogP contribution is -2.54. The van der Waals surface area contributed by atoms with Gasteiger partial charge in [-0.05, 0) is 43.6 Å². The van der Waals surface area contributed by atoms with Crippen LogP contribution in [0, 0.1) is 0 Å². The van der Waals surface area contributed by atoms with Gasteiger partial charge in [-0.25, -0.2) is 4.98 Å². The molecule has 1 heterocycles. The van der Waals surface area contributed by atoms with Crippen LogP contribution in [0.15, 0.2) is 18.3 Å². The van der Waals surface area contributed by atoms with Crippen LogP contribution in [0.4, 0.5) is 5.82 Å². The first-order chi connectivity index (χ1) is 9.53. The van der Waals surface area contributed by atoms with E-state index >= 15 is 0 Å². The summed E-state index contributed by atoms with van der Waals surface area (Å²) in [5.74, 6) is 0.744. The van der Waals surface area contributed by atoms with Crippen molar-refractivity contribution in [2.24, 2.45) is 0 Å². The number of nitrogens with zero attached hydrogens (tertiary/aromatic N) is 2. The molecule has 112 valence electrons. The first kappa shape index (κ1) is 16.6. The molecule has 0 aliphatic carbocycles. The number of carbonyl (C=O) groups excluding carboxylic acids is 1. The monoisotopic (exact) mass is 277 g/mol. The average molecular weight is 277 g/mol. The van der Waals surface area contributed by atoms with E-state index in [0.29, 0.717) is 12.2 Å². The lowest BCUT2D eigenvalue weighted by molar-refractivity contribution is -0.131. The number of pyridine rings is 1. The summed E-state index contributed by atoms with van der Waals surface area (Å²) < 4.78 is 0. The van der Waals surface area contributed by atoms with E-state index in [1.165, 1.54) is 0 Å². The largest absolute Gasteiger partial charge is 0.384 e. The maximum absolute atomic E-state index is 12.9. The first-order valence-corrected chi connectivity index (χ1v) is 7.52. The van der Waals surface area contributed by atoms with Gasteiger partial charge in [0.05, 0.1) is 5.54 Å². The second-order valence-corrected chi connectivity index (χ2v) is 5.10. The highest BCUT2D eigenvalue weighted by Crippen LogP contribution is 2.27. The summed E-state index contributed by atoms with van der Waals surface area (Å²) in [6.45, 7) is 10.2. The van der Waals surface area contributed by atoms with E-state index in [1.807, 2.05) is 6.07 Å². The van der Waals surface area contributed by atoms with Gasteiger partial charge in [0.1, 0.15) is 5.82 Å². The first-order valence-electron chi connectivity index (χ1n) is 7.52. The molecular formula is C16H27N3O. The van der Waals surface area contributed by atoms with Crippen molar-refractivity contribution in [1.29, 1.82) is 0 Å². The molecular weight excluding hydrogens is 250 g/mol. The molecule has 20 heavy (non-hydrogen) atoms. The molecule has 1 aromatic heterocycles. The van der Waals surface area contributed by atoms with Gasteiger partial charge >= 0.3 is 0 Å². The molecule has 0 atom stereocenters. The van der Waals surface area contributed by atoms with Crippen molar-refractivity contribution < 1.29 is 4.79 Å². The Labute approximate surface area is 122 Å². The second-order valence-electron chi connectivity index (χ2n) is 5.10. The zero-order chi connectivity index (χ0) is 15.2. The minimum atomic E-state index is -0.360. The number of rotatable bonds is 8. The number of hydrogen-bond donors (Lipinski definition) is 1. The van der Waals surface area contributed by atoms with Crippen molar-refractivity contribution in [1.82, 2.24) is 9.88 Å². The fourth-order valence-electron chi connectivity index (χ4n) is 3.05. The van der Waals surface area contributed by atoms with Crippen LogP contribution in [0.2, 0.25) is 0 Å².